The molecule has 218 valence electrons. The van der Waals surface area contributed by atoms with Gasteiger partial charge in [0.1, 0.15) is 19.0 Å². The highest BCUT2D eigenvalue weighted by atomic mass is 32.2. The molecule has 1 amide bonds. The first-order valence-electron chi connectivity index (χ1n) is 13.3. The van der Waals surface area contributed by atoms with E-state index in [9.17, 15) is 18.5 Å². The number of rotatable bonds is 10. The zero-order valence-electron chi connectivity index (χ0n) is 23.6. The van der Waals surface area contributed by atoms with Crippen LogP contribution in [0.2, 0.25) is 0 Å². The predicted octanol–water partition coefficient (Wildman–Crippen LogP) is 5.15. The van der Waals surface area contributed by atoms with Gasteiger partial charge in [-0.05, 0) is 53.9 Å². The van der Waals surface area contributed by atoms with Crippen molar-refractivity contribution >= 4 is 17.0 Å². The minimum atomic E-state index is -2.07. The Morgan fingerprint density at radius 3 is 2.42 bits per heavy atom. The summed E-state index contributed by atoms with van der Waals surface area (Å²) >= 11 is -2.07. The maximum absolute atomic E-state index is 13.5. The molecule has 0 aromatic heterocycles. The third kappa shape index (κ3) is 8.96. The van der Waals surface area contributed by atoms with Gasteiger partial charge in [-0.1, -0.05) is 45.9 Å². The average molecular weight is 576 g/mol. The number of benzene rings is 3. The van der Waals surface area contributed by atoms with Crippen molar-refractivity contribution < 1.29 is 36.9 Å². The van der Waals surface area contributed by atoms with Crippen molar-refractivity contribution in [1.82, 2.24) is 5.32 Å². The Morgan fingerprint density at radius 2 is 1.75 bits per heavy atom. The smallest absolute Gasteiger partial charge is 0.240 e. The van der Waals surface area contributed by atoms with Crippen LogP contribution in [0.25, 0.3) is 0 Å². The van der Waals surface area contributed by atoms with E-state index in [1.807, 2.05) is 45.9 Å². The van der Waals surface area contributed by atoms with Crippen LogP contribution in [-0.2, 0) is 35.3 Å². The number of carbonyl (C=O) groups excluding carboxylic acids is 1. The molecular weight excluding hydrogens is 537 g/mol. The Labute approximate surface area is 238 Å². The molecule has 0 radical (unpaired) electrons. The number of carbonyl (C=O) groups is 1. The third-order valence-electron chi connectivity index (χ3n) is 5.54. The van der Waals surface area contributed by atoms with Crippen LogP contribution >= 0.6 is 0 Å². The van der Waals surface area contributed by atoms with Gasteiger partial charge in [0.25, 0.3) is 0 Å². The fourth-order valence-corrected chi connectivity index (χ4v) is 4.59. The molecule has 1 aliphatic heterocycles. The van der Waals surface area contributed by atoms with Gasteiger partial charge < -0.3 is 28.8 Å². The molecule has 3 aromatic carbocycles. The summed E-state index contributed by atoms with van der Waals surface area (Å²) < 4.78 is 48.2. The van der Waals surface area contributed by atoms with Crippen molar-refractivity contribution in [3.05, 3.63) is 77.1 Å². The van der Waals surface area contributed by atoms with E-state index < -0.39 is 23.5 Å². The summed E-state index contributed by atoms with van der Waals surface area (Å²) in [6.07, 6.45) is 0.558. The van der Waals surface area contributed by atoms with Crippen LogP contribution in [0.5, 0.6) is 23.0 Å². The van der Waals surface area contributed by atoms with Gasteiger partial charge in [0, 0.05) is 12.1 Å². The fraction of sp³-hybridized carbons (Fsp3) is 0.367. The fourth-order valence-electron chi connectivity index (χ4n) is 3.76. The summed E-state index contributed by atoms with van der Waals surface area (Å²) in [5.41, 5.74) is 1.75. The summed E-state index contributed by atoms with van der Waals surface area (Å²) in [7, 11) is 1.40. The van der Waals surface area contributed by atoms with Crippen molar-refractivity contribution in [2.45, 2.75) is 52.0 Å². The first-order chi connectivity index (χ1) is 19.5. The highest BCUT2D eigenvalue weighted by Gasteiger charge is 2.20. The lowest BCUT2D eigenvalue weighted by molar-refractivity contribution is -0.120. The van der Waals surface area contributed by atoms with Crippen LogP contribution in [0.3, 0.4) is 0 Å². The van der Waals surface area contributed by atoms with Gasteiger partial charge in [0.2, 0.25) is 17.0 Å². The number of halogens is 1. The number of nitrogens with one attached hydrogen (secondary N) is 1. The Kier molecular flexibility index (Phi) is 14.0. The van der Waals surface area contributed by atoms with Crippen molar-refractivity contribution in [2.24, 2.45) is 0 Å². The molecule has 10 heteroatoms. The van der Waals surface area contributed by atoms with Crippen LogP contribution in [-0.4, -0.2) is 42.1 Å². The number of aliphatic hydroxyl groups excluding tert-OH is 1. The van der Waals surface area contributed by atoms with Crippen LogP contribution in [0.4, 0.5) is 4.39 Å². The molecule has 2 N–H and O–H groups in total. The Bertz CT molecular complexity index is 1270. The molecule has 3 aromatic rings. The topological polar surface area (TPSA) is 103 Å². The monoisotopic (exact) mass is 575 g/mol. The second kappa shape index (κ2) is 17.1. The Morgan fingerprint density at radius 1 is 1.02 bits per heavy atom. The van der Waals surface area contributed by atoms with Gasteiger partial charge in [-0.15, -0.1) is 0 Å². The standard InChI is InChI=1S/C26H26FNO7S.2C2H6/c1-32-23-8-6-18(21(16-29)26(23)35-36(31)20-4-2-3-19(27)15-20)14-25(30)28-10-9-17-5-7-22-24(13-17)34-12-11-33-22;2*1-2/h2-8,13,15,29H,9-12,14,16H2,1H3,(H,28,30);2*1-2H3. The van der Waals surface area contributed by atoms with E-state index in [1.54, 1.807) is 12.1 Å². The summed E-state index contributed by atoms with van der Waals surface area (Å²) in [5, 5.41) is 12.9. The lowest BCUT2D eigenvalue weighted by Crippen LogP contribution is -2.27. The quantitative estimate of drug-likeness (QED) is 0.345. The van der Waals surface area contributed by atoms with Gasteiger partial charge >= 0.3 is 0 Å². The van der Waals surface area contributed by atoms with Crippen molar-refractivity contribution in [1.29, 1.82) is 0 Å². The molecule has 8 nitrogen and oxygen atoms in total. The number of amides is 1. The van der Waals surface area contributed by atoms with Crippen molar-refractivity contribution in [2.75, 3.05) is 26.9 Å². The molecule has 0 spiro atoms. The second-order valence-electron chi connectivity index (χ2n) is 7.92. The van der Waals surface area contributed by atoms with Crippen LogP contribution < -0.4 is 23.7 Å². The zero-order valence-corrected chi connectivity index (χ0v) is 24.4. The number of ether oxygens (including phenoxy) is 3. The molecule has 1 atom stereocenters. The van der Waals surface area contributed by atoms with Gasteiger partial charge in [-0.3, -0.25) is 4.79 Å². The van der Waals surface area contributed by atoms with Crippen LogP contribution in [0, 0.1) is 5.82 Å². The number of methoxy groups -OCH3 is 1. The van der Waals surface area contributed by atoms with Crippen LogP contribution in [0.15, 0.2) is 59.5 Å². The number of hydrogen-bond acceptors (Lipinski definition) is 7. The van der Waals surface area contributed by atoms with Gasteiger partial charge in [0.15, 0.2) is 23.0 Å². The van der Waals surface area contributed by atoms with Gasteiger partial charge in [-0.2, -0.15) is 0 Å². The lowest BCUT2D eigenvalue weighted by atomic mass is 10.0. The molecule has 1 heterocycles. The third-order valence-corrected chi connectivity index (χ3v) is 6.50. The van der Waals surface area contributed by atoms with E-state index in [0.717, 1.165) is 11.6 Å². The highest BCUT2D eigenvalue weighted by molar-refractivity contribution is 7.80. The van der Waals surface area contributed by atoms with E-state index in [-0.39, 0.29) is 34.3 Å². The highest BCUT2D eigenvalue weighted by Crippen LogP contribution is 2.36. The summed E-state index contributed by atoms with van der Waals surface area (Å²) in [5.74, 6) is 0.848. The molecule has 1 aliphatic rings. The molecule has 0 saturated heterocycles. The number of fused-ring (bicyclic) bond motifs is 1. The summed E-state index contributed by atoms with van der Waals surface area (Å²) in [6, 6.07) is 14.1. The largest absolute Gasteiger partial charge is 0.493 e. The molecular formula is C30H38FNO7S. The Balaban J connectivity index is 0.00000134. The van der Waals surface area contributed by atoms with E-state index in [2.05, 4.69) is 5.32 Å². The first kappa shape index (κ1) is 32.6. The number of aliphatic hydroxyl groups is 1. The molecule has 0 fully saturated rings. The zero-order chi connectivity index (χ0) is 29.5. The molecule has 4 rings (SSSR count). The molecule has 0 bridgehead atoms. The SMILES string of the molecule is CC.CC.COc1ccc(CC(=O)NCCc2ccc3c(c2)OCCO3)c(CO)c1OS(=O)c1cccc(F)c1. The minimum absolute atomic E-state index is 0.0316. The first-order valence-corrected chi connectivity index (χ1v) is 14.4. The normalized spacial score (nSPS) is 12.1. The van der Waals surface area contributed by atoms with Gasteiger partial charge in [-0.25, -0.2) is 8.60 Å². The van der Waals surface area contributed by atoms with Crippen LogP contribution in [0.1, 0.15) is 44.4 Å². The average Bonchev–Trinajstić information content (AvgIpc) is 2.99. The van der Waals surface area contributed by atoms with E-state index in [0.29, 0.717) is 43.2 Å². The maximum atomic E-state index is 13.5. The van der Waals surface area contributed by atoms with Crippen molar-refractivity contribution in [3.8, 4) is 23.0 Å². The minimum Gasteiger partial charge on any atom is -0.493 e. The van der Waals surface area contributed by atoms with E-state index in [1.165, 1.54) is 25.3 Å². The molecule has 0 saturated carbocycles. The predicted molar refractivity (Wildman–Crippen MR) is 153 cm³/mol. The Hall–Kier alpha value is -3.63. The molecule has 40 heavy (non-hydrogen) atoms. The maximum Gasteiger partial charge on any atom is 0.240 e. The second-order valence-corrected chi connectivity index (χ2v) is 9.03. The summed E-state index contributed by atoms with van der Waals surface area (Å²) in [6.45, 7) is 8.95. The van der Waals surface area contributed by atoms with Gasteiger partial charge in [0.05, 0.1) is 25.0 Å². The van der Waals surface area contributed by atoms with E-state index in [4.69, 9.17) is 18.4 Å². The number of hydrogen-bond donors (Lipinski definition) is 2. The lowest BCUT2D eigenvalue weighted by Gasteiger charge is -2.19. The molecule has 0 aliphatic carbocycles. The van der Waals surface area contributed by atoms with Crippen molar-refractivity contribution in [3.63, 3.8) is 0 Å². The summed E-state index contributed by atoms with van der Waals surface area (Å²) in [4.78, 5) is 12.8. The molecule has 1 unspecified atom stereocenters. The van der Waals surface area contributed by atoms with E-state index >= 15 is 0 Å².